The molecule has 4 N–H and O–H groups in total. The summed E-state index contributed by atoms with van der Waals surface area (Å²) in [5.41, 5.74) is 1.80. The van der Waals surface area contributed by atoms with Crippen molar-refractivity contribution < 1.29 is 28.2 Å². The van der Waals surface area contributed by atoms with Crippen molar-refractivity contribution in [2.45, 2.75) is 12.6 Å². The van der Waals surface area contributed by atoms with Crippen molar-refractivity contribution in [3.05, 3.63) is 58.1 Å². The lowest BCUT2D eigenvalue weighted by Gasteiger charge is -2.31. The highest BCUT2D eigenvalue weighted by Crippen LogP contribution is 2.43. The van der Waals surface area contributed by atoms with Crippen LogP contribution in [-0.4, -0.2) is 90.8 Å². The minimum absolute atomic E-state index is 0.0413. The molecule has 0 bridgehead atoms. The molecule has 0 spiro atoms. The first-order valence-electron chi connectivity index (χ1n) is 14.0. The molecule has 0 radical (unpaired) electrons. The van der Waals surface area contributed by atoms with Gasteiger partial charge in [-0.1, -0.05) is 0 Å². The van der Waals surface area contributed by atoms with E-state index in [2.05, 4.69) is 25.6 Å². The topological polar surface area (TPSA) is 147 Å². The predicted octanol–water partition coefficient (Wildman–Crippen LogP) is 3.18. The zero-order valence-corrected chi connectivity index (χ0v) is 24.3. The van der Waals surface area contributed by atoms with Crippen LogP contribution in [0, 0.1) is 11.6 Å². The molecule has 1 atom stereocenters. The van der Waals surface area contributed by atoms with E-state index in [1.807, 2.05) is 4.90 Å². The van der Waals surface area contributed by atoms with E-state index >= 15 is 4.39 Å². The van der Waals surface area contributed by atoms with E-state index in [0.717, 1.165) is 6.07 Å². The van der Waals surface area contributed by atoms with Gasteiger partial charge in [0.2, 0.25) is 5.43 Å². The molecule has 1 aromatic carbocycles. The molecule has 0 aliphatic carbocycles. The maximum atomic E-state index is 15.6. The number of anilines is 2. The number of carboxylic acids is 1. The number of aromatic amines is 1. The number of pyridine rings is 3. The summed E-state index contributed by atoms with van der Waals surface area (Å²) in [4.78, 5) is 39.9. The number of methoxy groups -OCH3 is 1. The molecule has 5 aromatic rings. The lowest BCUT2D eigenvalue weighted by molar-refractivity contribution is 0.0692. The Hall–Kier alpha value is -4.66. The second kappa shape index (κ2) is 11.8. The SMILES string of the molecule is CNCC(Cn1cc(C(=O)O)c(=O)c2cc(-c3cnc4[nH]c5c(NC)cc(F)c(F)c5c4c3N3CCOCC3)cnc21)OC. The molecule has 1 fully saturated rings. The van der Waals surface area contributed by atoms with Crippen LogP contribution in [0.5, 0.6) is 0 Å². The molecular formula is C30H31F2N7O5. The maximum absolute atomic E-state index is 15.6. The third-order valence-electron chi connectivity index (χ3n) is 7.98. The Morgan fingerprint density at radius 1 is 1.18 bits per heavy atom. The van der Waals surface area contributed by atoms with Gasteiger partial charge in [-0.15, -0.1) is 0 Å². The van der Waals surface area contributed by atoms with Crippen molar-refractivity contribution in [3.63, 3.8) is 0 Å². The first-order valence-corrected chi connectivity index (χ1v) is 14.0. The van der Waals surface area contributed by atoms with Gasteiger partial charge in [0.25, 0.3) is 0 Å². The minimum Gasteiger partial charge on any atom is -0.477 e. The van der Waals surface area contributed by atoms with Gasteiger partial charge < -0.3 is 39.7 Å². The van der Waals surface area contributed by atoms with Crippen LogP contribution in [0.3, 0.4) is 0 Å². The maximum Gasteiger partial charge on any atom is 0.341 e. The average Bonchev–Trinajstić information content (AvgIpc) is 3.43. The number of hydrogen-bond acceptors (Lipinski definition) is 9. The van der Waals surface area contributed by atoms with Crippen LogP contribution in [0.4, 0.5) is 20.2 Å². The number of carboxylic acid groups (broad SMARTS) is 1. The third-order valence-corrected chi connectivity index (χ3v) is 7.98. The van der Waals surface area contributed by atoms with Gasteiger partial charge in [0.05, 0.1) is 58.9 Å². The van der Waals surface area contributed by atoms with Gasteiger partial charge in [0.15, 0.2) is 11.6 Å². The Morgan fingerprint density at radius 2 is 1.95 bits per heavy atom. The van der Waals surface area contributed by atoms with Crippen molar-refractivity contribution in [1.29, 1.82) is 0 Å². The van der Waals surface area contributed by atoms with Crippen LogP contribution in [0.2, 0.25) is 0 Å². The summed E-state index contributed by atoms with van der Waals surface area (Å²) in [7, 11) is 4.94. The first kappa shape index (κ1) is 29.4. The van der Waals surface area contributed by atoms with Crippen molar-refractivity contribution in [2.75, 3.05) is 64.3 Å². The Morgan fingerprint density at radius 3 is 2.64 bits per heavy atom. The number of halogens is 2. The monoisotopic (exact) mass is 607 g/mol. The van der Waals surface area contributed by atoms with Crippen LogP contribution in [0.1, 0.15) is 10.4 Å². The number of benzene rings is 1. The lowest BCUT2D eigenvalue weighted by Crippen LogP contribution is -2.36. The molecule has 0 amide bonds. The zero-order valence-electron chi connectivity index (χ0n) is 24.3. The zero-order chi connectivity index (χ0) is 31.1. The summed E-state index contributed by atoms with van der Waals surface area (Å²) in [5.74, 6) is -3.39. The molecule has 1 unspecified atom stereocenters. The number of aromatic carboxylic acids is 1. The number of hydrogen-bond donors (Lipinski definition) is 4. The van der Waals surface area contributed by atoms with E-state index in [0.29, 0.717) is 71.9 Å². The highest BCUT2D eigenvalue weighted by molar-refractivity contribution is 6.18. The number of carbonyl (C=O) groups is 1. The number of fused-ring (bicyclic) bond motifs is 4. The largest absolute Gasteiger partial charge is 0.477 e. The van der Waals surface area contributed by atoms with Crippen molar-refractivity contribution in [2.24, 2.45) is 0 Å². The average molecular weight is 608 g/mol. The van der Waals surface area contributed by atoms with Gasteiger partial charge >= 0.3 is 5.97 Å². The van der Waals surface area contributed by atoms with Crippen molar-refractivity contribution in [1.82, 2.24) is 24.8 Å². The molecular weight excluding hydrogens is 576 g/mol. The van der Waals surface area contributed by atoms with Gasteiger partial charge in [-0.3, -0.25) is 4.79 Å². The molecule has 4 aromatic heterocycles. The summed E-state index contributed by atoms with van der Waals surface area (Å²) in [6.07, 6.45) is 4.10. The number of morpholine rings is 1. The Kier molecular flexibility index (Phi) is 7.88. The summed E-state index contributed by atoms with van der Waals surface area (Å²) in [6.45, 7) is 2.49. The molecule has 0 saturated carbocycles. The number of rotatable bonds is 9. The molecule has 5 heterocycles. The van der Waals surface area contributed by atoms with Gasteiger partial charge in [-0.2, -0.15) is 0 Å². The summed E-state index contributed by atoms with van der Waals surface area (Å²) < 4.78 is 43.1. The van der Waals surface area contributed by atoms with Crippen LogP contribution in [-0.2, 0) is 16.0 Å². The number of nitrogens with zero attached hydrogens (tertiary/aromatic N) is 4. The molecule has 1 saturated heterocycles. The number of H-pyrrole nitrogens is 1. The van der Waals surface area contributed by atoms with Gasteiger partial charge in [-0.05, 0) is 13.1 Å². The third kappa shape index (κ3) is 4.90. The molecule has 6 rings (SSSR count). The van der Waals surface area contributed by atoms with Gasteiger partial charge in [0.1, 0.15) is 16.9 Å². The standard InChI is InChI=1S/C30H31F2N7O5/c1-33-11-16(43-3)13-39-14-19(30(41)42)27(40)17-8-15(10-36-29(17)39)18-12-35-28-23(26(18)38-4-6-44-7-5-38)22-24(32)20(31)9-21(34-2)25(22)37-28/h8-10,12,14,16,33-34H,4-7,11,13H2,1-3H3,(H,35,37)(H,41,42). The van der Waals surface area contributed by atoms with Crippen LogP contribution in [0.15, 0.2) is 35.5 Å². The number of ether oxygens (including phenoxy) is 2. The van der Waals surface area contributed by atoms with E-state index in [4.69, 9.17) is 9.47 Å². The molecule has 1 aliphatic heterocycles. The lowest BCUT2D eigenvalue weighted by atomic mass is 10.0. The minimum atomic E-state index is -1.37. The van der Waals surface area contributed by atoms with Gasteiger partial charge in [-0.25, -0.2) is 23.5 Å². The fourth-order valence-electron chi connectivity index (χ4n) is 5.85. The molecule has 44 heavy (non-hydrogen) atoms. The Bertz CT molecular complexity index is 1970. The molecule has 12 nitrogen and oxygen atoms in total. The summed E-state index contributed by atoms with van der Waals surface area (Å²) >= 11 is 0. The smallest absolute Gasteiger partial charge is 0.341 e. The van der Waals surface area contributed by atoms with E-state index in [-0.39, 0.29) is 29.1 Å². The quantitative estimate of drug-likeness (QED) is 0.197. The van der Waals surface area contributed by atoms with Crippen LogP contribution >= 0.6 is 0 Å². The van der Waals surface area contributed by atoms with Crippen LogP contribution in [0.25, 0.3) is 44.1 Å². The molecule has 230 valence electrons. The van der Waals surface area contributed by atoms with E-state index in [1.165, 1.54) is 6.20 Å². The van der Waals surface area contributed by atoms with Crippen LogP contribution < -0.4 is 21.0 Å². The van der Waals surface area contributed by atoms with E-state index < -0.39 is 28.6 Å². The Balaban J connectivity index is 1.64. The highest BCUT2D eigenvalue weighted by atomic mass is 19.2. The highest BCUT2D eigenvalue weighted by Gasteiger charge is 2.27. The number of nitrogens with one attached hydrogen (secondary N) is 3. The summed E-state index contributed by atoms with van der Waals surface area (Å²) in [5, 5.41) is 16.3. The van der Waals surface area contributed by atoms with E-state index in [9.17, 15) is 19.1 Å². The second-order valence-electron chi connectivity index (χ2n) is 10.5. The fourth-order valence-corrected chi connectivity index (χ4v) is 5.85. The van der Waals surface area contributed by atoms with Gasteiger partial charge in [0, 0.05) is 69.6 Å². The number of likely N-dealkylation sites (N-methyl/N-ethyl adjacent to an activating group) is 1. The summed E-state index contributed by atoms with van der Waals surface area (Å²) in [6, 6.07) is 2.66. The first-order chi connectivity index (χ1) is 21.3. The van der Waals surface area contributed by atoms with E-state index in [1.54, 1.807) is 44.2 Å². The Labute approximate surface area is 249 Å². The fraction of sp³-hybridized carbons (Fsp3) is 0.333. The van der Waals surface area contributed by atoms with Crippen molar-refractivity contribution >= 4 is 50.3 Å². The predicted molar refractivity (Wildman–Crippen MR) is 163 cm³/mol. The van der Waals surface area contributed by atoms with Crippen molar-refractivity contribution in [3.8, 4) is 11.1 Å². The normalized spacial score (nSPS) is 14.5. The molecule has 14 heteroatoms. The molecule has 1 aliphatic rings. The number of aromatic nitrogens is 4. The second-order valence-corrected chi connectivity index (χ2v) is 10.5.